The quantitative estimate of drug-likeness (QED) is 0.794. The summed E-state index contributed by atoms with van der Waals surface area (Å²) >= 11 is 0. The third-order valence-corrected chi connectivity index (χ3v) is 3.00. The molecule has 1 aliphatic carbocycles. The second kappa shape index (κ2) is 3.56. The van der Waals surface area contributed by atoms with E-state index in [1.54, 1.807) is 7.11 Å². The van der Waals surface area contributed by atoms with E-state index >= 15 is 0 Å². The molecule has 0 heterocycles. The molecule has 1 saturated carbocycles. The van der Waals surface area contributed by atoms with Gasteiger partial charge in [-0.2, -0.15) is 5.26 Å². The van der Waals surface area contributed by atoms with Crippen molar-refractivity contribution in [1.82, 2.24) is 0 Å². The Kier molecular flexibility index (Phi) is 2.37. The average molecular weight is 203 g/mol. The number of nitriles is 1. The molecular formula is C12H13NO2. The van der Waals surface area contributed by atoms with E-state index in [1.165, 1.54) is 0 Å². The molecule has 1 aromatic carbocycles. The van der Waals surface area contributed by atoms with Crippen LogP contribution in [-0.2, 0) is 5.41 Å². The first-order valence-electron chi connectivity index (χ1n) is 4.94. The number of ether oxygens (including phenoxy) is 1. The first kappa shape index (κ1) is 10.0. The van der Waals surface area contributed by atoms with Gasteiger partial charge < -0.3 is 9.84 Å². The van der Waals surface area contributed by atoms with Gasteiger partial charge >= 0.3 is 0 Å². The second-order valence-electron chi connectivity index (χ2n) is 3.99. The maximum absolute atomic E-state index is 9.32. The molecule has 0 aromatic heterocycles. The summed E-state index contributed by atoms with van der Waals surface area (Å²) in [4.78, 5) is 0. The molecule has 1 fully saturated rings. The lowest BCUT2D eigenvalue weighted by Crippen LogP contribution is -2.43. The second-order valence-corrected chi connectivity index (χ2v) is 3.99. The predicted octanol–water partition coefficient (Wildman–Crippen LogP) is 1.61. The van der Waals surface area contributed by atoms with Gasteiger partial charge in [0.25, 0.3) is 0 Å². The Hall–Kier alpha value is -1.53. The maximum Gasteiger partial charge on any atom is 0.119 e. The largest absolute Gasteiger partial charge is 0.497 e. The van der Waals surface area contributed by atoms with Gasteiger partial charge in [-0.05, 0) is 30.5 Å². The molecule has 1 aromatic rings. The van der Waals surface area contributed by atoms with Crippen LogP contribution in [-0.4, -0.2) is 18.3 Å². The summed E-state index contributed by atoms with van der Waals surface area (Å²) in [5.41, 5.74) is 0.433. The van der Waals surface area contributed by atoms with Crippen molar-refractivity contribution in [1.29, 1.82) is 5.26 Å². The van der Waals surface area contributed by atoms with Gasteiger partial charge in [0, 0.05) is 0 Å². The highest BCUT2D eigenvalue weighted by atomic mass is 16.5. The van der Waals surface area contributed by atoms with Crippen LogP contribution >= 0.6 is 0 Å². The average Bonchev–Trinajstić information content (AvgIpc) is 2.24. The summed E-state index contributed by atoms with van der Waals surface area (Å²) < 4.78 is 5.12. The lowest BCUT2D eigenvalue weighted by atomic mass is 9.64. The van der Waals surface area contributed by atoms with E-state index in [1.807, 2.05) is 24.3 Å². The van der Waals surface area contributed by atoms with Crippen LogP contribution in [0.4, 0.5) is 0 Å². The van der Waals surface area contributed by atoms with Gasteiger partial charge in [0.1, 0.15) is 5.75 Å². The summed E-state index contributed by atoms with van der Waals surface area (Å²) in [5.74, 6) is 0.753. The van der Waals surface area contributed by atoms with Crippen LogP contribution in [0, 0.1) is 11.3 Å². The van der Waals surface area contributed by atoms with Crippen LogP contribution in [0.2, 0.25) is 0 Å². The number of aliphatic hydroxyl groups excluding tert-OH is 1. The summed E-state index contributed by atoms with van der Waals surface area (Å²) in [7, 11) is 1.60. The van der Waals surface area contributed by atoms with E-state index in [9.17, 15) is 5.11 Å². The fourth-order valence-corrected chi connectivity index (χ4v) is 2.06. The monoisotopic (exact) mass is 203 g/mol. The predicted molar refractivity (Wildman–Crippen MR) is 55.5 cm³/mol. The van der Waals surface area contributed by atoms with Crippen LogP contribution in [0.1, 0.15) is 18.4 Å². The lowest BCUT2D eigenvalue weighted by Gasteiger charge is -2.40. The van der Waals surface area contributed by atoms with Gasteiger partial charge in [0.15, 0.2) is 0 Å². The zero-order valence-corrected chi connectivity index (χ0v) is 8.60. The summed E-state index contributed by atoms with van der Waals surface area (Å²) in [6.07, 6.45) is 0.712. The highest BCUT2D eigenvalue weighted by Gasteiger charge is 2.45. The summed E-state index contributed by atoms with van der Waals surface area (Å²) in [6, 6.07) is 9.81. The molecule has 0 radical (unpaired) electrons. The molecule has 78 valence electrons. The molecule has 3 heteroatoms. The normalized spacial score (nSPS) is 29.0. The molecule has 0 amide bonds. The van der Waals surface area contributed by atoms with Gasteiger partial charge in [-0.25, -0.2) is 0 Å². The number of hydrogen-bond acceptors (Lipinski definition) is 3. The van der Waals surface area contributed by atoms with Crippen molar-refractivity contribution < 1.29 is 9.84 Å². The van der Waals surface area contributed by atoms with Crippen LogP contribution in [0.15, 0.2) is 24.3 Å². The number of methoxy groups -OCH3 is 1. The molecule has 0 atom stereocenters. The van der Waals surface area contributed by atoms with Crippen molar-refractivity contribution in [2.45, 2.75) is 24.4 Å². The van der Waals surface area contributed by atoms with Gasteiger partial charge in [-0.15, -0.1) is 0 Å². The molecule has 1 N–H and O–H groups in total. The molecule has 15 heavy (non-hydrogen) atoms. The van der Waals surface area contributed by atoms with Crippen LogP contribution in [0.5, 0.6) is 5.75 Å². The maximum atomic E-state index is 9.32. The standard InChI is InChI=1S/C12H13NO2/c1-15-11-4-2-3-9(5-11)12(8-13)6-10(14)7-12/h2-5,10,14H,6-7H2,1H3. The zero-order chi connectivity index (χ0) is 10.9. The minimum atomic E-state index is -0.506. The van der Waals surface area contributed by atoms with Gasteiger partial charge in [0.05, 0.1) is 24.7 Å². The molecule has 3 nitrogen and oxygen atoms in total. The number of benzene rings is 1. The van der Waals surface area contributed by atoms with Crippen LogP contribution in [0.3, 0.4) is 0 Å². The molecule has 0 saturated heterocycles. The number of nitrogens with zero attached hydrogens (tertiary/aromatic N) is 1. The Morgan fingerprint density at radius 1 is 1.53 bits per heavy atom. The SMILES string of the molecule is COc1cccc(C2(C#N)CC(O)C2)c1. The smallest absolute Gasteiger partial charge is 0.119 e. The Morgan fingerprint density at radius 2 is 2.27 bits per heavy atom. The van der Waals surface area contributed by atoms with Gasteiger partial charge in [-0.1, -0.05) is 12.1 Å². The molecule has 2 rings (SSSR count). The highest BCUT2D eigenvalue weighted by Crippen LogP contribution is 2.43. The van der Waals surface area contributed by atoms with Crippen LogP contribution < -0.4 is 4.74 Å². The van der Waals surface area contributed by atoms with Gasteiger partial charge in [0.2, 0.25) is 0 Å². The molecule has 0 bridgehead atoms. The minimum Gasteiger partial charge on any atom is -0.497 e. The fraction of sp³-hybridized carbons (Fsp3) is 0.417. The van der Waals surface area contributed by atoms with E-state index in [2.05, 4.69) is 6.07 Å². The van der Waals surface area contributed by atoms with E-state index in [0.29, 0.717) is 12.8 Å². The van der Waals surface area contributed by atoms with E-state index in [-0.39, 0.29) is 6.10 Å². The molecule has 1 aliphatic rings. The van der Waals surface area contributed by atoms with Crippen molar-refractivity contribution in [3.8, 4) is 11.8 Å². The Morgan fingerprint density at radius 3 is 2.80 bits per heavy atom. The lowest BCUT2D eigenvalue weighted by molar-refractivity contribution is 0.0446. The highest BCUT2D eigenvalue weighted by molar-refractivity contribution is 5.40. The van der Waals surface area contributed by atoms with Crippen molar-refractivity contribution in [3.05, 3.63) is 29.8 Å². The van der Waals surface area contributed by atoms with Crippen molar-refractivity contribution in [2.75, 3.05) is 7.11 Å². The summed E-state index contributed by atoms with van der Waals surface area (Å²) in [5, 5.41) is 18.5. The summed E-state index contributed by atoms with van der Waals surface area (Å²) in [6.45, 7) is 0. The van der Waals surface area contributed by atoms with Crippen molar-refractivity contribution in [3.63, 3.8) is 0 Å². The van der Waals surface area contributed by atoms with Crippen molar-refractivity contribution >= 4 is 0 Å². The first-order valence-corrected chi connectivity index (χ1v) is 4.94. The zero-order valence-electron chi connectivity index (χ0n) is 8.60. The Bertz CT molecular complexity index is 402. The number of hydrogen-bond donors (Lipinski definition) is 1. The van der Waals surface area contributed by atoms with Crippen molar-refractivity contribution in [2.24, 2.45) is 0 Å². The van der Waals surface area contributed by atoms with Crippen LogP contribution in [0.25, 0.3) is 0 Å². The molecular weight excluding hydrogens is 190 g/mol. The Labute approximate surface area is 88.9 Å². The van der Waals surface area contributed by atoms with E-state index in [0.717, 1.165) is 11.3 Å². The minimum absolute atomic E-state index is 0.337. The third-order valence-electron chi connectivity index (χ3n) is 3.00. The number of rotatable bonds is 2. The fourth-order valence-electron chi connectivity index (χ4n) is 2.06. The first-order chi connectivity index (χ1) is 7.20. The van der Waals surface area contributed by atoms with E-state index < -0.39 is 5.41 Å². The topological polar surface area (TPSA) is 53.2 Å². The Balaban J connectivity index is 2.32. The molecule has 0 spiro atoms. The number of aliphatic hydroxyl groups is 1. The van der Waals surface area contributed by atoms with Gasteiger partial charge in [-0.3, -0.25) is 0 Å². The molecule has 0 aliphatic heterocycles. The third kappa shape index (κ3) is 1.57. The van der Waals surface area contributed by atoms with E-state index in [4.69, 9.17) is 10.00 Å². The molecule has 0 unspecified atom stereocenters.